The van der Waals surface area contributed by atoms with Crippen molar-refractivity contribution in [2.24, 2.45) is 0 Å². The monoisotopic (exact) mass is 329 g/mol. The van der Waals surface area contributed by atoms with Crippen LogP contribution in [0.2, 0.25) is 5.02 Å². The molecule has 4 rings (SSSR count). The van der Waals surface area contributed by atoms with Crippen molar-refractivity contribution in [2.75, 3.05) is 5.32 Å². The molecule has 6 heteroatoms. The number of hydrogen-bond acceptors (Lipinski definition) is 3. The lowest BCUT2D eigenvalue weighted by Crippen LogP contribution is -2.40. The number of carbonyl (C=O) groups excluding carboxylic acids is 1. The number of amides is 1. The standard InChI is InChI=1S/C17H16ClN3O2/c18-11-5-6-13-14(9-11)21(12-3-1-4-12)16(19-13)20-15(22)10-17(23)7-2-8-17/h1,3-6,9,23H,2,7-8,10H2,(H,19,20,22). The Hall–Kier alpha value is -2.11. The number of nitrogens with zero attached hydrogens (tertiary/aromatic N) is 2. The zero-order valence-corrected chi connectivity index (χ0v) is 13.2. The summed E-state index contributed by atoms with van der Waals surface area (Å²) < 4.78 is 1.87. The van der Waals surface area contributed by atoms with E-state index in [1.165, 1.54) is 0 Å². The third-order valence-electron chi connectivity index (χ3n) is 4.43. The maximum atomic E-state index is 12.3. The van der Waals surface area contributed by atoms with Gasteiger partial charge in [0.15, 0.2) is 0 Å². The van der Waals surface area contributed by atoms with Crippen LogP contribution in [0.25, 0.3) is 16.7 Å². The number of benzene rings is 1. The fraction of sp³-hybridized carbons (Fsp3) is 0.294. The molecule has 2 aliphatic carbocycles. The van der Waals surface area contributed by atoms with Gasteiger partial charge in [0.25, 0.3) is 0 Å². The van der Waals surface area contributed by atoms with Crippen LogP contribution in [0.5, 0.6) is 0 Å². The molecule has 0 unspecified atom stereocenters. The Morgan fingerprint density at radius 1 is 1.43 bits per heavy atom. The van der Waals surface area contributed by atoms with Crippen LogP contribution in [-0.4, -0.2) is 26.2 Å². The Labute approximate surface area is 138 Å². The van der Waals surface area contributed by atoms with Crippen molar-refractivity contribution in [3.63, 3.8) is 0 Å². The molecule has 0 atom stereocenters. The van der Waals surface area contributed by atoms with Crippen molar-refractivity contribution < 1.29 is 9.90 Å². The number of imidazole rings is 1. The highest BCUT2D eigenvalue weighted by Gasteiger charge is 2.36. The van der Waals surface area contributed by atoms with E-state index >= 15 is 0 Å². The van der Waals surface area contributed by atoms with E-state index in [-0.39, 0.29) is 12.3 Å². The van der Waals surface area contributed by atoms with Gasteiger partial charge in [-0.3, -0.25) is 14.7 Å². The fourth-order valence-corrected chi connectivity index (χ4v) is 3.12. The third kappa shape index (κ3) is 2.56. The smallest absolute Gasteiger partial charge is 0.229 e. The number of halogens is 1. The first-order valence-corrected chi connectivity index (χ1v) is 8.01. The van der Waals surface area contributed by atoms with Crippen molar-refractivity contribution in [1.82, 2.24) is 9.55 Å². The molecule has 0 aliphatic heterocycles. The number of rotatable bonds is 4. The normalized spacial score (nSPS) is 18.3. The Morgan fingerprint density at radius 2 is 2.22 bits per heavy atom. The summed E-state index contributed by atoms with van der Waals surface area (Å²) in [7, 11) is 0. The summed E-state index contributed by atoms with van der Waals surface area (Å²) in [6.45, 7) is 0. The first-order valence-electron chi connectivity index (χ1n) is 7.63. The number of anilines is 1. The van der Waals surface area contributed by atoms with E-state index in [9.17, 15) is 9.90 Å². The molecular weight excluding hydrogens is 314 g/mol. The second kappa shape index (κ2) is 5.22. The van der Waals surface area contributed by atoms with Crippen LogP contribution in [0.4, 0.5) is 5.95 Å². The maximum Gasteiger partial charge on any atom is 0.229 e. The number of fused-ring (bicyclic) bond motifs is 1. The minimum absolute atomic E-state index is 0.103. The largest absolute Gasteiger partial charge is 0.389 e. The van der Waals surface area contributed by atoms with Gasteiger partial charge in [-0.05, 0) is 49.6 Å². The SMILES string of the molecule is O=C(CC1(O)CCC1)Nc1nc2ccc(Cl)cc2n1C1=CC=C1. The van der Waals surface area contributed by atoms with Crippen LogP contribution in [0.3, 0.4) is 0 Å². The first kappa shape index (κ1) is 14.5. The van der Waals surface area contributed by atoms with E-state index in [4.69, 9.17) is 11.6 Å². The van der Waals surface area contributed by atoms with E-state index in [0.717, 1.165) is 23.2 Å². The van der Waals surface area contributed by atoms with Crippen molar-refractivity contribution in [3.8, 4) is 0 Å². The molecule has 23 heavy (non-hydrogen) atoms. The molecule has 1 aromatic heterocycles. The number of allylic oxidation sites excluding steroid dienone is 4. The van der Waals surface area contributed by atoms with Crippen LogP contribution in [-0.2, 0) is 4.79 Å². The predicted octanol–water partition coefficient (Wildman–Crippen LogP) is 3.34. The van der Waals surface area contributed by atoms with Gasteiger partial charge in [-0.15, -0.1) is 0 Å². The fourth-order valence-electron chi connectivity index (χ4n) is 2.95. The van der Waals surface area contributed by atoms with Gasteiger partial charge >= 0.3 is 0 Å². The topological polar surface area (TPSA) is 67.2 Å². The Balaban J connectivity index is 1.67. The number of nitrogens with one attached hydrogen (secondary N) is 1. The quantitative estimate of drug-likeness (QED) is 0.904. The molecule has 1 heterocycles. The van der Waals surface area contributed by atoms with Gasteiger partial charge in [0.05, 0.1) is 23.1 Å². The lowest BCUT2D eigenvalue weighted by atomic mass is 9.78. The number of aromatic nitrogens is 2. The summed E-state index contributed by atoms with van der Waals surface area (Å²) >= 11 is 6.09. The third-order valence-corrected chi connectivity index (χ3v) is 4.67. The van der Waals surface area contributed by atoms with Crippen molar-refractivity contribution >= 4 is 40.2 Å². The lowest BCUT2D eigenvalue weighted by molar-refractivity contribution is -0.125. The van der Waals surface area contributed by atoms with Gasteiger partial charge in [-0.2, -0.15) is 0 Å². The molecule has 2 aromatic rings. The predicted molar refractivity (Wildman–Crippen MR) is 90.2 cm³/mol. The molecule has 2 aliphatic rings. The molecular formula is C17H16ClN3O2. The zero-order chi connectivity index (χ0) is 16.0. The van der Waals surface area contributed by atoms with Crippen molar-refractivity contribution in [1.29, 1.82) is 0 Å². The van der Waals surface area contributed by atoms with Gasteiger partial charge in [0, 0.05) is 10.7 Å². The minimum Gasteiger partial charge on any atom is -0.389 e. The van der Waals surface area contributed by atoms with E-state index < -0.39 is 5.60 Å². The highest BCUT2D eigenvalue weighted by Crippen LogP contribution is 2.35. The molecule has 1 aromatic carbocycles. The second-order valence-corrected chi connectivity index (χ2v) is 6.59. The van der Waals surface area contributed by atoms with Crippen LogP contribution < -0.4 is 5.32 Å². The van der Waals surface area contributed by atoms with Crippen molar-refractivity contribution in [2.45, 2.75) is 31.3 Å². The lowest BCUT2D eigenvalue weighted by Gasteiger charge is -2.35. The average molecular weight is 330 g/mol. The number of carbonyl (C=O) groups is 1. The summed E-state index contributed by atoms with van der Waals surface area (Å²) in [6.07, 6.45) is 8.24. The number of hydrogen-bond donors (Lipinski definition) is 2. The van der Waals surface area contributed by atoms with E-state index in [1.54, 1.807) is 6.07 Å². The van der Waals surface area contributed by atoms with Gasteiger partial charge in [-0.1, -0.05) is 17.7 Å². The summed E-state index contributed by atoms with van der Waals surface area (Å²) in [6, 6.07) is 5.42. The average Bonchev–Trinajstić information content (AvgIpc) is 2.73. The first-order chi connectivity index (χ1) is 11.0. The van der Waals surface area contributed by atoms with Crippen LogP contribution in [0.15, 0.2) is 36.4 Å². The number of aliphatic hydroxyl groups is 1. The molecule has 1 amide bonds. The van der Waals surface area contributed by atoms with Gasteiger partial charge in [0.1, 0.15) is 0 Å². The van der Waals surface area contributed by atoms with Crippen LogP contribution >= 0.6 is 11.6 Å². The molecule has 118 valence electrons. The summed E-state index contributed by atoms with van der Waals surface area (Å²) in [5.41, 5.74) is 1.69. The van der Waals surface area contributed by atoms with Gasteiger partial charge in [0.2, 0.25) is 11.9 Å². The Morgan fingerprint density at radius 3 is 2.83 bits per heavy atom. The van der Waals surface area contributed by atoms with Crippen LogP contribution in [0, 0.1) is 0 Å². The molecule has 5 nitrogen and oxygen atoms in total. The molecule has 1 fully saturated rings. The molecule has 0 radical (unpaired) electrons. The molecule has 0 saturated heterocycles. The molecule has 1 saturated carbocycles. The second-order valence-electron chi connectivity index (χ2n) is 6.16. The molecule has 0 spiro atoms. The highest BCUT2D eigenvalue weighted by molar-refractivity contribution is 6.31. The maximum absolute atomic E-state index is 12.3. The Kier molecular flexibility index (Phi) is 3.28. The summed E-state index contributed by atoms with van der Waals surface area (Å²) in [5, 5.41) is 13.6. The summed E-state index contributed by atoms with van der Waals surface area (Å²) in [4.78, 5) is 16.7. The Bertz CT molecular complexity index is 862. The van der Waals surface area contributed by atoms with E-state index in [1.807, 2.05) is 34.9 Å². The molecule has 2 N–H and O–H groups in total. The zero-order valence-electron chi connectivity index (χ0n) is 12.4. The highest BCUT2D eigenvalue weighted by atomic mass is 35.5. The minimum atomic E-state index is -0.847. The summed E-state index contributed by atoms with van der Waals surface area (Å²) in [5.74, 6) is 0.226. The molecule has 0 bridgehead atoms. The van der Waals surface area contributed by atoms with Crippen molar-refractivity contribution in [3.05, 3.63) is 41.4 Å². The van der Waals surface area contributed by atoms with Gasteiger partial charge < -0.3 is 5.11 Å². The van der Waals surface area contributed by atoms with Gasteiger partial charge in [-0.25, -0.2) is 4.98 Å². The van der Waals surface area contributed by atoms with Crippen LogP contribution in [0.1, 0.15) is 25.7 Å². The van der Waals surface area contributed by atoms with E-state index in [2.05, 4.69) is 10.3 Å². The van der Waals surface area contributed by atoms with E-state index in [0.29, 0.717) is 23.8 Å².